The second kappa shape index (κ2) is 7.90. The van der Waals surface area contributed by atoms with Gasteiger partial charge in [-0.2, -0.15) is 0 Å². The summed E-state index contributed by atoms with van der Waals surface area (Å²) in [6.45, 7) is 10.2. The molecule has 0 radical (unpaired) electrons. The minimum atomic E-state index is -0.109. The number of likely N-dealkylation sites (tertiary alicyclic amines) is 1. The molecule has 2 nitrogen and oxygen atoms in total. The zero-order valence-corrected chi connectivity index (χ0v) is 13.6. The summed E-state index contributed by atoms with van der Waals surface area (Å²) in [4.78, 5) is 2.56. The van der Waals surface area contributed by atoms with Crippen LogP contribution in [0.4, 0.5) is 4.39 Å². The highest BCUT2D eigenvalue weighted by atomic mass is 19.1. The third-order valence-electron chi connectivity index (χ3n) is 4.76. The van der Waals surface area contributed by atoms with Crippen LogP contribution in [0.3, 0.4) is 0 Å². The average molecular weight is 292 g/mol. The third kappa shape index (κ3) is 4.52. The number of hydrogen-bond acceptors (Lipinski definition) is 2. The third-order valence-corrected chi connectivity index (χ3v) is 4.76. The molecule has 2 rings (SSSR count). The largest absolute Gasteiger partial charge is 0.307 e. The molecule has 2 unspecified atom stereocenters. The zero-order chi connectivity index (χ0) is 15.2. The van der Waals surface area contributed by atoms with Gasteiger partial charge < -0.3 is 10.2 Å². The molecule has 3 heteroatoms. The van der Waals surface area contributed by atoms with Gasteiger partial charge in [0.15, 0.2) is 0 Å². The van der Waals surface area contributed by atoms with Gasteiger partial charge in [0.05, 0.1) is 0 Å². The van der Waals surface area contributed by atoms with E-state index in [-0.39, 0.29) is 11.9 Å². The Balaban J connectivity index is 1.84. The second-order valence-electron chi connectivity index (χ2n) is 6.38. The van der Waals surface area contributed by atoms with Gasteiger partial charge in [-0.25, -0.2) is 4.39 Å². The molecule has 0 aromatic heterocycles. The van der Waals surface area contributed by atoms with E-state index in [1.807, 2.05) is 12.1 Å². The van der Waals surface area contributed by atoms with Crippen LogP contribution in [-0.2, 0) is 0 Å². The highest BCUT2D eigenvalue weighted by Crippen LogP contribution is 2.24. The highest BCUT2D eigenvalue weighted by Gasteiger charge is 2.24. The Hall–Kier alpha value is -0.930. The van der Waals surface area contributed by atoms with E-state index in [2.05, 4.69) is 31.0 Å². The van der Waals surface area contributed by atoms with Crippen molar-refractivity contribution < 1.29 is 4.39 Å². The minimum absolute atomic E-state index is 0.0647. The molecule has 118 valence electrons. The number of rotatable bonds is 6. The minimum Gasteiger partial charge on any atom is -0.307 e. The number of hydrogen-bond donors (Lipinski definition) is 1. The van der Waals surface area contributed by atoms with Crippen LogP contribution in [0.2, 0.25) is 0 Å². The summed E-state index contributed by atoms with van der Waals surface area (Å²) in [6.07, 6.45) is 3.74. The Morgan fingerprint density at radius 3 is 2.52 bits per heavy atom. The number of nitrogens with zero attached hydrogens (tertiary/aromatic N) is 1. The van der Waals surface area contributed by atoms with Crippen molar-refractivity contribution in [3.05, 3.63) is 35.6 Å². The number of benzene rings is 1. The van der Waals surface area contributed by atoms with E-state index in [1.165, 1.54) is 38.9 Å². The first-order chi connectivity index (χ1) is 10.1. The van der Waals surface area contributed by atoms with Crippen molar-refractivity contribution in [3.8, 4) is 0 Å². The van der Waals surface area contributed by atoms with Crippen LogP contribution in [-0.4, -0.2) is 30.6 Å². The van der Waals surface area contributed by atoms with Crippen LogP contribution < -0.4 is 5.32 Å². The monoisotopic (exact) mass is 292 g/mol. The first-order valence-corrected chi connectivity index (χ1v) is 8.34. The summed E-state index contributed by atoms with van der Waals surface area (Å²) in [6, 6.07) is 7.58. The Morgan fingerprint density at radius 1 is 1.24 bits per heavy atom. The van der Waals surface area contributed by atoms with E-state index >= 15 is 0 Å². The Morgan fingerprint density at radius 2 is 1.90 bits per heavy atom. The number of nitrogens with one attached hydrogen (secondary N) is 1. The topological polar surface area (TPSA) is 15.3 Å². The molecule has 0 amide bonds. The molecule has 1 aliphatic heterocycles. The van der Waals surface area contributed by atoms with E-state index in [4.69, 9.17) is 0 Å². The Labute approximate surface area is 128 Å². The quantitative estimate of drug-likeness (QED) is 0.853. The fourth-order valence-corrected chi connectivity index (χ4v) is 3.44. The first kappa shape index (κ1) is 16.4. The van der Waals surface area contributed by atoms with Gasteiger partial charge in [0.25, 0.3) is 0 Å². The van der Waals surface area contributed by atoms with Gasteiger partial charge in [0.1, 0.15) is 5.82 Å². The molecule has 0 spiro atoms. The second-order valence-corrected chi connectivity index (χ2v) is 6.38. The molecule has 1 aliphatic rings. The maximum atomic E-state index is 13.8. The summed E-state index contributed by atoms with van der Waals surface area (Å²) < 4.78 is 13.8. The van der Waals surface area contributed by atoms with Crippen molar-refractivity contribution in [1.29, 1.82) is 0 Å². The summed E-state index contributed by atoms with van der Waals surface area (Å²) in [7, 11) is 0. The molecule has 1 fully saturated rings. The van der Waals surface area contributed by atoms with Crippen LogP contribution >= 0.6 is 0 Å². The standard InChI is InChI=1S/C18H29FN2/c1-4-11-21-12-9-16(10-13-21)14(2)20-15(3)17-7-5-6-8-18(17)19/h5-8,14-16,20H,4,9-13H2,1-3H3. The zero-order valence-electron chi connectivity index (χ0n) is 13.6. The molecule has 1 aromatic rings. The lowest BCUT2D eigenvalue weighted by atomic mass is 9.89. The molecule has 1 saturated heterocycles. The van der Waals surface area contributed by atoms with Gasteiger partial charge in [-0.15, -0.1) is 0 Å². The van der Waals surface area contributed by atoms with Crippen molar-refractivity contribution in [2.24, 2.45) is 5.92 Å². The van der Waals surface area contributed by atoms with E-state index in [1.54, 1.807) is 12.1 Å². The lowest BCUT2D eigenvalue weighted by Gasteiger charge is -2.36. The molecule has 1 heterocycles. The van der Waals surface area contributed by atoms with E-state index in [0.717, 1.165) is 5.56 Å². The van der Waals surface area contributed by atoms with Crippen molar-refractivity contribution in [1.82, 2.24) is 10.2 Å². The normalized spacial score (nSPS) is 20.4. The maximum Gasteiger partial charge on any atom is 0.127 e. The lowest BCUT2D eigenvalue weighted by molar-refractivity contribution is 0.159. The average Bonchev–Trinajstić information content (AvgIpc) is 2.48. The van der Waals surface area contributed by atoms with Crippen LogP contribution in [0.15, 0.2) is 24.3 Å². The summed E-state index contributed by atoms with van der Waals surface area (Å²) >= 11 is 0. The van der Waals surface area contributed by atoms with Gasteiger partial charge in [0, 0.05) is 17.6 Å². The predicted molar refractivity (Wildman–Crippen MR) is 86.9 cm³/mol. The van der Waals surface area contributed by atoms with Crippen LogP contribution in [0.5, 0.6) is 0 Å². The smallest absolute Gasteiger partial charge is 0.127 e. The van der Waals surface area contributed by atoms with Gasteiger partial charge in [-0.3, -0.25) is 0 Å². The molecule has 1 N–H and O–H groups in total. The predicted octanol–water partition coefficient (Wildman–Crippen LogP) is 3.99. The van der Waals surface area contributed by atoms with Crippen molar-refractivity contribution >= 4 is 0 Å². The molecule has 2 atom stereocenters. The number of halogens is 1. The fraction of sp³-hybridized carbons (Fsp3) is 0.667. The van der Waals surface area contributed by atoms with Crippen molar-refractivity contribution in [2.45, 2.75) is 52.1 Å². The fourth-order valence-electron chi connectivity index (χ4n) is 3.44. The number of piperidine rings is 1. The van der Waals surface area contributed by atoms with E-state index < -0.39 is 0 Å². The van der Waals surface area contributed by atoms with Crippen LogP contribution in [0.25, 0.3) is 0 Å². The first-order valence-electron chi connectivity index (χ1n) is 8.34. The summed E-state index contributed by atoms with van der Waals surface area (Å²) in [5, 5.41) is 3.59. The lowest BCUT2D eigenvalue weighted by Crippen LogP contribution is -2.42. The van der Waals surface area contributed by atoms with Gasteiger partial charge >= 0.3 is 0 Å². The summed E-state index contributed by atoms with van der Waals surface area (Å²) in [5.41, 5.74) is 0.771. The molecule has 21 heavy (non-hydrogen) atoms. The summed E-state index contributed by atoms with van der Waals surface area (Å²) in [5.74, 6) is 0.592. The molecular formula is C18H29FN2. The van der Waals surface area contributed by atoms with Gasteiger partial charge in [0.2, 0.25) is 0 Å². The van der Waals surface area contributed by atoms with Gasteiger partial charge in [-0.05, 0) is 64.7 Å². The van der Waals surface area contributed by atoms with Crippen LogP contribution in [0.1, 0.15) is 51.6 Å². The maximum absolute atomic E-state index is 13.8. The molecule has 0 saturated carbocycles. The van der Waals surface area contributed by atoms with Gasteiger partial charge in [-0.1, -0.05) is 25.1 Å². The van der Waals surface area contributed by atoms with Crippen molar-refractivity contribution in [2.75, 3.05) is 19.6 Å². The van der Waals surface area contributed by atoms with Crippen LogP contribution in [0, 0.1) is 11.7 Å². The SMILES string of the molecule is CCCN1CCC(C(C)NC(C)c2ccccc2F)CC1. The van der Waals surface area contributed by atoms with E-state index in [9.17, 15) is 4.39 Å². The molecule has 1 aromatic carbocycles. The Bertz CT molecular complexity index is 427. The molecule has 0 aliphatic carbocycles. The molecule has 0 bridgehead atoms. The van der Waals surface area contributed by atoms with E-state index in [0.29, 0.717) is 12.0 Å². The highest BCUT2D eigenvalue weighted by molar-refractivity contribution is 5.20. The van der Waals surface area contributed by atoms with Crippen molar-refractivity contribution in [3.63, 3.8) is 0 Å². The Kier molecular flexibility index (Phi) is 6.19. The molecular weight excluding hydrogens is 263 g/mol.